The molecule has 0 saturated carbocycles. The van der Waals surface area contributed by atoms with Crippen LogP contribution in [0, 0.1) is 11.7 Å². The minimum absolute atomic E-state index is 0.174. The number of imidazole rings is 1. The zero-order valence-electron chi connectivity index (χ0n) is 24.9. The van der Waals surface area contributed by atoms with Gasteiger partial charge in [-0.15, -0.1) is 0 Å². The van der Waals surface area contributed by atoms with E-state index in [-0.39, 0.29) is 16.6 Å². The normalized spacial score (nSPS) is 23.9. The van der Waals surface area contributed by atoms with Crippen LogP contribution in [0.4, 0.5) is 4.39 Å². The average molecular weight is 569 g/mol. The van der Waals surface area contributed by atoms with Gasteiger partial charge in [-0.2, -0.15) is 0 Å². The molecule has 0 amide bonds. The maximum Gasteiger partial charge on any atom is 0.175 e. The molecule has 2 fully saturated rings. The van der Waals surface area contributed by atoms with E-state index in [2.05, 4.69) is 37.5 Å². The van der Waals surface area contributed by atoms with Gasteiger partial charge in [-0.05, 0) is 99.8 Å². The van der Waals surface area contributed by atoms with Crippen molar-refractivity contribution in [3.8, 4) is 11.4 Å². The van der Waals surface area contributed by atoms with E-state index in [4.69, 9.17) is 4.98 Å². The van der Waals surface area contributed by atoms with Crippen LogP contribution in [0.5, 0.6) is 0 Å². The van der Waals surface area contributed by atoms with Crippen LogP contribution >= 0.6 is 0 Å². The molecular formula is C32H45FN4O2S. The quantitative estimate of drug-likeness (QED) is 0.337. The predicted octanol–water partition coefficient (Wildman–Crippen LogP) is 6.25. The van der Waals surface area contributed by atoms with Crippen LogP contribution in [0.1, 0.15) is 71.3 Å². The number of piperidine rings is 2. The molecule has 5 rings (SSSR count). The number of hydrogen-bond acceptors (Lipinski definition) is 5. The molecule has 0 N–H and O–H groups in total. The van der Waals surface area contributed by atoms with Crippen LogP contribution in [0.2, 0.25) is 0 Å². The maximum absolute atomic E-state index is 16.1. The van der Waals surface area contributed by atoms with Crippen molar-refractivity contribution in [3.63, 3.8) is 0 Å². The highest BCUT2D eigenvalue weighted by atomic mass is 32.2. The Balaban J connectivity index is 1.31. The fourth-order valence-electron chi connectivity index (χ4n) is 7.16. The summed E-state index contributed by atoms with van der Waals surface area (Å²) in [5.74, 6) is 1.34. The van der Waals surface area contributed by atoms with Crippen LogP contribution < -0.4 is 0 Å². The number of aryl methyl sites for hydroxylation is 1. The summed E-state index contributed by atoms with van der Waals surface area (Å²) >= 11 is 0. The molecule has 3 unspecified atom stereocenters. The van der Waals surface area contributed by atoms with Crippen molar-refractivity contribution in [3.05, 3.63) is 47.8 Å². The summed E-state index contributed by atoms with van der Waals surface area (Å²) in [5.41, 5.74) is 2.69. The number of fused-ring (bicyclic) bond motifs is 1. The van der Waals surface area contributed by atoms with Crippen molar-refractivity contribution in [1.29, 1.82) is 0 Å². The lowest BCUT2D eigenvalue weighted by molar-refractivity contribution is 0.0112. The zero-order chi connectivity index (χ0) is 28.8. The number of sulfone groups is 1. The Hall–Kier alpha value is -2.29. The van der Waals surface area contributed by atoms with Gasteiger partial charge in [0.25, 0.3) is 0 Å². The Kier molecular flexibility index (Phi) is 8.42. The fourth-order valence-corrected chi connectivity index (χ4v) is 7.79. The summed E-state index contributed by atoms with van der Waals surface area (Å²) in [6.45, 7) is 12.6. The smallest absolute Gasteiger partial charge is 0.175 e. The second-order valence-electron chi connectivity index (χ2n) is 12.6. The predicted molar refractivity (Wildman–Crippen MR) is 161 cm³/mol. The van der Waals surface area contributed by atoms with Gasteiger partial charge in [0.1, 0.15) is 11.3 Å². The first-order valence-corrected chi connectivity index (χ1v) is 16.8. The molecule has 2 aliphatic rings. The number of aromatic nitrogens is 2. The van der Waals surface area contributed by atoms with Gasteiger partial charge in [0.15, 0.2) is 15.7 Å². The van der Waals surface area contributed by atoms with Crippen LogP contribution in [-0.2, 0) is 16.9 Å². The van der Waals surface area contributed by atoms with Crippen molar-refractivity contribution < 1.29 is 12.8 Å². The molecule has 2 aromatic carbocycles. The van der Waals surface area contributed by atoms with Crippen molar-refractivity contribution in [2.75, 3.05) is 25.9 Å². The molecule has 0 spiro atoms. The van der Waals surface area contributed by atoms with Crippen LogP contribution in [-0.4, -0.2) is 71.8 Å². The lowest BCUT2D eigenvalue weighted by Crippen LogP contribution is -2.55. The summed E-state index contributed by atoms with van der Waals surface area (Å²) in [6, 6.07) is 12.4. The molecule has 2 aliphatic heterocycles. The van der Waals surface area contributed by atoms with Gasteiger partial charge >= 0.3 is 0 Å². The second-order valence-corrected chi connectivity index (χ2v) is 14.6. The topological polar surface area (TPSA) is 58.4 Å². The molecule has 0 radical (unpaired) electrons. The molecule has 1 aromatic heterocycles. The van der Waals surface area contributed by atoms with E-state index in [1.165, 1.54) is 32.1 Å². The Labute approximate surface area is 239 Å². The number of halogens is 1. The molecule has 2 saturated heterocycles. The van der Waals surface area contributed by atoms with Crippen molar-refractivity contribution in [1.82, 2.24) is 19.4 Å². The van der Waals surface area contributed by atoms with E-state index >= 15 is 4.39 Å². The highest BCUT2D eigenvalue weighted by Gasteiger charge is 2.37. The van der Waals surface area contributed by atoms with E-state index in [0.717, 1.165) is 37.1 Å². The standard InChI is InChI=1S/C32H45FN4O2S/c1-7-25-19-26(18-22(4)37(25)20-21(2)3)36-16-14-23(15-17-36)28-12-13-29-31(30(28)33)35(5)32(34-29)24-8-10-27(11-9-24)40(6,38)39/h8-13,21-23,25-26H,7,14-20H2,1-6H3. The summed E-state index contributed by atoms with van der Waals surface area (Å²) in [7, 11) is -1.44. The molecular weight excluding hydrogens is 523 g/mol. The third-order valence-electron chi connectivity index (χ3n) is 9.27. The van der Waals surface area contributed by atoms with E-state index in [1.54, 1.807) is 28.8 Å². The van der Waals surface area contributed by atoms with Crippen LogP contribution in [0.3, 0.4) is 0 Å². The van der Waals surface area contributed by atoms with Crippen molar-refractivity contribution >= 4 is 20.9 Å². The lowest BCUT2D eigenvalue weighted by atomic mass is 9.84. The molecule has 3 atom stereocenters. The van der Waals surface area contributed by atoms with Gasteiger partial charge < -0.3 is 9.47 Å². The maximum atomic E-state index is 16.1. The van der Waals surface area contributed by atoms with Crippen molar-refractivity contribution in [2.24, 2.45) is 13.0 Å². The molecule has 40 heavy (non-hydrogen) atoms. The Bertz CT molecular complexity index is 1440. The number of likely N-dealkylation sites (tertiary alicyclic amines) is 2. The summed E-state index contributed by atoms with van der Waals surface area (Å²) in [6.07, 6.45) is 6.79. The SMILES string of the molecule is CCC1CC(N2CCC(c3ccc4nc(-c5ccc(S(C)(=O)=O)cc5)n(C)c4c3F)CC2)CC(C)N1CC(C)C. The lowest BCUT2D eigenvalue weighted by Gasteiger charge is -2.49. The van der Waals surface area contributed by atoms with Crippen LogP contribution in [0.25, 0.3) is 22.4 Å². The third kappa shape index (κ3) is 5.72. The van der Waals surface area contributed by atoms with Gasteiger partial charge in [-0.3, -0.25) is 4.90 Å². The fraction of sp³-hybridized carbons (Fsp3) is 0.594. The molecule has 0 aliphatic carbocycles. The first-order valence-electron chi connectivity index (χ1n) is 14.9. The number of nitrogens with zero attached hydrogens (tertiary/aromatic N) is 4. The van der Waals surface area contributed by atoms with Crippen LogP contribution in [0.15, 0.2) is 41.3 Å². The minimum Gasteiger partial charge on any atom is -0.325 e. The second kappa shape index (κ2) is 11.5. The molecule has 8 heteroatoms. The van der Waals surface area contributed by atoms with E-state index in [9.17, 15) is 8.42 Å². The number of rotatable bonds is 7. The molecule has 0 bridgehead atoms. The average Bonchev–Trinajstić information content (AvgIpc) is 3.26. The monoisotopic (exact) mass is 568 g/mol. The van der Waals surface area contributed by atoms with Gasteiger partial charge in [-0.1, -0.05) is 26.8 Å². The zero-order valence-corrected chi connectivity index (χ0v) is 25.7. The number of hydrogen-bond donors (Lipinski definition) is 0. The summed E-state index contributed by atoms with van der Waals surface area (Å²) in [5, 5.41) is 0. The highest BCUT2D eigenvalue weighted by molar-refractivity contribution is 7.90. The molecule has 6 nitrogen and oxygen atoms in total. The first-order chi connectivity index (χ1) is 19.0. The summed E-state index contributed by atoms with van der Waals surface area (Å²) < 4.78 is 41.5. The third-order valence-corrected chi connectivity index (χ3v) is 10.4. The van der Waals surface area contributed by atoms with Gasteiger partial charge in [0.2, 0.25) is 0 Å². The van der Waals surface area contributed by atoms with Gasteiger partial charge in [0.05, 0.1) is 10.4 Å². The van der Waals surface area contributed by atoms with Gasteiger partial charge in [-0.25, -0.2) is 17.8 Å². The summed E-state index contributed by atoms with van der Waals surface area (Å²) in [4.78, 5) is 10.4. The van der Waals surface area contributed by atoms with E-state index < -0.39 is 9.84 Å². The Morgan fingerprint density at radius 1 is 1.05 bits per heavy atom. The first kappa shape index (κ1) is 29.2. The molecule has 3 aromatic rings. The van der Waals surface area contributed by atoms with E-state index in [1.807, 2.05) is 19.2 Å². The minimum atomic E-state index is -3.28. The molecule has 3 heterocycles. The highest BCUT2D eigenvalue weighted by Crippen LogP contribution is 2.37. The Morgan fingerprint density at radius 3 is 2.33 bits per heavy atom. The van der Waals surface area contributed by atoms with Crippen molar-refractivity contribution in [2.45, 2.75) is 88.7 Å². The molecule has 218 valence electrons. The number of benzene rings is 2. The largest absolute Gasteiger partial charge is 0.325 e. The Morgan fingerprint density at radius 2 is 1.73 bits per heavy atom. The van der Waals surface area contributed by atoms with Gasteiger partial charge in [0, 0.05) is 43.5 Å². The van der Waals surface area contributed by atoms with E-state index in [0.29, 0.717) is 40.9 Å².